The van der Waals surface area contributed by atoms with Crippen LogP contribution in [0.15, 0.2) is 0 Å². The third-order valence-electron chi connectivity index (χ3n) is 11.2. The molecule has 0 aliphatic heterocycles. The monoisotopic (exact) mass is 853 g/mol. The van der Waals surface area contributed by atoms with Crippen LogP contribution in [0.1, 0.15) is 213 Å². The molecule has 6 N–H and O–H groups in total. The van der Waals surface area contributed by atoms with E-state index in [1.165, 1.54) is 128 Å². The van der Waals surface area contributed by atoms with Crippen LogP contribution in [0.25, 0.3) is 0 Å². The number of phosphoric ester groups is 1. The van der Waals surface area contributed by atoms with Gasteiger partial charge in [0.2, 0.25) is 0 Å². The molecule has 1 aliphatic carbocycles. The molecule has 0 spiro atoms. The predicted octanol–water partition coefficient (Wildman–Crippen LogP) is 8.89. The number of carbonyl (C=O) groups is 2. The molecular weight excluding hydrogens is 767 g/mol. The SMILES string of the molecule is CCCCCCCCCCCCCCCCCCCCCC(=O)OC[C@@H](COP(=O)(O)OC1C(O)C(O)C(O)[C@H](O)C1O)OC(=O)CCCCCCCCCCCC. The maximum atomic E-state index is 12.8. The van der Waals surface area contributed by atoms with Crippen LogP contribution >= 0.6 is 7.82 Å². The van der Waals surface area contributed by atoms with E-state index >= 15 is 0 Å². The first-order valence-corrected chi connectivity index (χ1v) is 24.8. The molecule has 0 aromatic heterocycles. The Morgan fingerprint density at radius 1 is 0.466 bits per heavy atom. The van der Waals surface area contributed by atoms with Crippen molar-refractivity contribution < 1.29 is 63.1 Å². The van der Waals surface area contributed by atoms with Gasteiger partial charge in [0, 0.05) is 12.8 Å². The fraction of sp³-hybridized carbons (Fsp3) is 0.955. The molecule has 0 aromatic rings. The van der Waals surface area contributed by atoms with Gasteiger partial charge in [0.15, 0.2) is 6.10 Å². The maximum absolute atomic E-state index is 12.8. The minimum atomic E-state index is -5.11. The number of carbonyl (C=O) groups excluding carboxylic acids is 2. The van der Waals surface area contributed by atoms with E-state index in [0.717, 1.165) is 44.9 Å². The molecule has 0 amide bonds. The molecule has 0 aromatic carbocycles. The molecule has 58 heavy (non-hydrogen) atoms. The van der Waals surface area contributed by atoms with Crippen molar-refractivity contribution in [2.24, 2.45) is 0 Å². The number of phosphoric acid groups is 1. The lowest BCUT2D eigenvalue weighted by Crippen LogP contribution is -2.64. The summed E-state index contributed by atoms with van der Waals surface area (Å²) in [6, 6.07) is 0. The standard InChI is InChI=1S/C44H85O13P/c1-3-5-7-9-11-13-15-16-17-18-19-20-21-22-23-25-26-28-30-32-37(45)54-34-36(56-38(46)33-31-29-27-24-14-12-10-8-6-4-2)35-55-58(52,53)57-44-42(50)40(48)39(47)41(49)43(44)51/h36,39-44,47-51H,3-35H2,1-2H3,(H,52,53)/t36-,39?,40-,41?,42?,43?,44?/m0/s1. The van der Waals surface area contributed by atoms with Gasteiger partial charge in [-0.3, -0.25) is 18.6 Å². The lowest BCUT2D eigenvalue weighted by atomic mass is 9.85. The molecule has 1 rings (SSSR count). The lowest BCUT2D eigenvalue weighted by molar-refractivity contribution is -0.220. The van der Waals surface area contributed by atoms with Gasteiger partial charge < -0.3 is 39.9 Å². The van der Waals surface area contributed by atoms with E-state index in [9.17, 15) is 44.6 Å². The van der Waals surface area contributed by atoms with Crippen LogP contribution in [0.3, 0.4) is 0 Å². The molecule has 1 fully saturated rings. The van der Waals surface area contributed by atoms with Crippen molar-refractivity contribution in [3.8, 4) is 0 Å². The van der Waals surface area contributed by atoms with Gasteiger partial charge in [0.05, 0.1) is 6.61 Å². The largest absolute Gasteiger partial charge is 0.472 e. The minimum Gasteiger partial charge on any atom is -0.462 e. The third-order valence-corrected chi connectivity index (χ3v) is 12.2. The number of esters is 2. The topological polar surface area (TPSA) is 210 Å². The highest BCUT2D eigenvalue weighted by atomic mass is 31.2. The first-order chi connectivity index (χ1) is 27.9. The molecule has 0 radical (unpaired) electrons. The maximum Gasteiger partial charge on any atom is 0.472 e. The van der Waals surface area contributed by atoms with E-state index in [-0.39, 0.29) is 12.8 Å². The molecule has 1 aliphatic rings. The van der Waals surface area contributed by atoms with Crippen molar-refractivity contribution in [2.45, 2.75) is 256 Å². The Kier molecular flexibility index (Phi) is 33.5. The molecular formula is C44H85O13P. The summed E-state index contributed by atoms with van der Waals surface area (Å²) in [5, 5.41) is 50.1. The number of hydrogen-bond donors (Lipinski definition) is 6. The Balaban J connectivity index is 2.38. The Labute approximate surface area is 351 Å². The predicted molar refractivity (Wildman–Crippen MR) is 226 cm³/mol. The first-order valence-electron chi connectivity index (χ1n) is 23.3. The quantitative estimate of drug-likeness (QED) is 0.0194. The van der Waals surface area contributed by atoms with Crippen molar-refractivity contribution in [2.75, 3.05) is 13.2 Å². The highest BCUT2D eigenvalue weighted by Crippen LogP contribution is 2.47. The van der Waals surface area contributed by atoms with Crippen LogP contribution in [0, 0.1) is 0 Å². The van der Waals surface area contributed by atoms with E-state index in [2.05, 4.69) is 13.8 Å². The van der Waals surface area contributed by atoms with Crippen molar-refractivity contribution in [3.63, 3.8) is 0 Å². The summed E-state index contributed by atoms with van der Waals surface area (Å²) in [5.74, 6) is -1.09. The third kappa shape index (κ3) is 27.6. The van der Waals surface area contributed by atoms with Crippen molar-refractivity contribution >= 4 is 19.8 Å². The van der Waals surface area contributed by atoms with Gasteiger partial charge in [-0.2, -0.15) is 0 Å². The molecule has 344 valence electrons. The summed E-state index contributed by atoms with van der Waals surface area (Å²) < 4.78 is 33.5. The van der Waals surface area contributed by atoms with Gasteiger partial charge in [-0.1, -0.05) is 187 Å². The second-order valence-electron chi connectivity index (χ2n) is 16.6. The van der Waals surface area contributed by atoms with Crippen LogP contribution in [0.4, 0.5) is 0 Å². The summed E-state index contributed by atoms with van der Waals surface area (Å²) in [4.78, 5) is 35.6. The van der Waals surface area contributed by atoms with E-state index in [0.29, 0.717) is 12.8 Å². The van der Waals surface area contributed by atoms with Crippen molar-refractivity contribution in [3.05, 3.63) is 0 Å². The summed E-state index contributed by atoms with van der Waals surface area (Å²) in [5.41, 5.74) is 0. The van der Waals surface area contributed by atoms with Gasteiger partial charge in [-0.05, 0) is 12.8 Å². The number of unbranched alkanes of at least 4 members (excludes halogenated alkanes) is 27. The van der Waals surface area contributed by atoms with Gasteiger partial charge in [0.25, 0.3) is 0 Å². The number of hydrogen-bond acceptors (Lipinski definition) is 12. The number of rotatable bonds is 39. The highest BCUT2D eigenvalue weighted by molar-refractivity contribution is 7.47. The number of aliphatic hydroxyl groups excluding tert-OH is 5. The molecule has 13 nitrogen and oxygen atoms in total. The molecule has 14 heteroatoms. The van der Waals surface area contributed by atoms with Crippen LogP contribution in [-0.2, 0) is 32.7 Å². The molecule has 1 saturated carbocycles. The fourth-order valence-corrected chi connectivity index (χ4v) is 8.38. The van der Waals surface area contributed by atoms with Crippen LogP contribution < -0.4 is 0 Å². The second kappa shape index (κ2) is 35.4. The van der Waals surface area contributed by atoms with Gasteiger partial charge in [-0.15, -0.1) is 0 Å². The zero-order valence-electron chi connectivity index (χ0n) is 36.4. The molecule has 0 bridgehead atoms. The molecule has 0 heterocycles. The van der Waals surface area contributed by atoms with Crippen molar-refractivity contribution in [1.82, 2.24) is 0 Å². The van der Waals surface area contributed by atoms with Crippen LogP contribution in [-0.4, -0.2) is 98.3 Å². The number of ether oxygens (including phenoxy) is 2. The average Bonchev–Trinajstić information content (AvgIpc) is 3.20. The first kappa shape index (κ1) is 54.9. The Bertz CT molecular complexity index is 1030. The van der Waals surface area contributed by atoms with Crippen molar-refractivity contribution in [1.29, 1.82) is 0 Å². The van der Waals surface area contributed by atoms with E-state index in [4.69, 9.17) is 18.5 Å². The minimum absolute atomic E-state index is 0.103. The van der Waals surface area contributed by atoms with E-state index < -0.39 is 75.7 Å². The van der Waals surface area contributed by atoms with Crippen LogP contribution in [0.2, 0.25) is 0 Å². The fourth-order valence-electron chi connectivity index (χ4n) is 7.41. The summed E-state index contributed by atoms with van der Waals surface area (Å²) in [6.07, 6.45) is 21.7. The Hall–Kier alpha value is -1.15. The van der Waals surface area contributed by atoms with E-state index in [1.807, 2.05) is 0 Å². The lowest BCUT2D eigenvalue weighted by Gasteiger charge is -2.41. The molecule has 8 atom stereocenters. The zero-order chi connectivity index (χ0) is 42.9. The Morgan fingerprint density at radius 2 is 0.776 bits per heavy atom. The van der Waals surface area contributed by atoms with Gasteiger partial charge >= 0.3 is 19.8 Å². The Morgan fingerprint density at radius 3 is 1.14 bits per heavy atom. The van der Waals surface area contributed by atoms with Gasteiger partial charge in [-0.25, -0.2) is 4.57 Å². The average molecular weight is 853 g/mol. The zero-order valence-corrected chi connectivity index (χ0v) is 37.3. The summed E-state index contributed by atoms with van der Waals surface area (Å²) in [6.45, 7) is 3.30. The summed E-state index contributed by atoms with van der Waals surface area (Å²) >= 11 is 0. The van der Waals surface area contributed by atoms with Gasteiger partial charge in [0.1, 0.15) is 43.2 Å². The van der Waals surface area contributed by atoms with E-state index in [1.54, 1.807) is 0 Å². The smallest absolute Gasteiger partial charge is 0.462 e. The highest BCUT2D eigenvalue weighted by Gasteiger charge is 2.51. The summed E-state index contributed by atoms with van der Waals surface area (Å²) in [7, 11) is -5.11. The number of aliphatic hydroxyl groups is 5. The van der Waals surface area contributed by atoms with Crippen LogP contribution in [0.5, 0.6) is 0 Å². The second-order valence-corrected chi connectivity index (χ2v) is 18.0. The molecule has 6 unspecified atom stereocenters. The molecule has 0 saturated heterocycles. The normalized spacial score (nSPS) is 22.4.